The minimum absolute atomic E-state index is 0.221. The van der Waals surface area contributed by atoms with Gasteiger partial charge < -0.3 is 5.11 Å². The van der Waals surface area contributed by atoms with Gasteiger partial charge >= 0.3 is 5.97 Å². The van der Waals surface area contributed by atoms with Crippen molar-refractivity contribution in [3.8, 4) is 0 Å². The summed E-state index contributed by atoms with van der Waals surface area (Å²) in [5.41, 5.74) is 2.74. The maximum atomic E-state index is 11.7. The Bertz CT molecular complexity index is 891. The fourth-order valence-electron chi connectivity index (χ4n) is 3.52. The molecular formula is C19H19N3O2S. The molecule has 0 aliphatic carbocycles. The smallest absolute Gasteiger partial charge is 0.320 e. The Balaban J connectivity index is 1.84. The summed E-state index contributed by atoms with van der Waals surface area (Å²) in [7, 11) is 0. The van der Waals surface area contributed by atoms with E-state index in [0.717, 1.165) is 39.6 Å². The van der Waals surface area contributed by atoms with Gasteiger partial charge in [-0.25, -0.2) is 4.98 Å². The normalized spacial score (nSPS) is 19.3. The number of aliphatic carboxylic acids is 1. The lowest BCUT2D eigenvalue weighted by Gasteiger charge is -2.29. The Morgan fingerprint density at radius 3 is 2.84 bits per heavy atom. The van der Waals surface area contributed by atoms with Crippen LogP contribution >= 0.6 is 11.3 Å². The summed E-state index contributed by atoms with van der Waals surface area (Å²) in [6.45, 7) is 2.70. The Morgan fingerprint density at radius 1 is 1.24 bits per heavy atom. The second-order valence-electron chi connectivity index (χ2n) is 6.36. The van der Waals surface area contributed by atoms with Gasteiger partial charge in [0.25, 0.3) is 0 Å². The van der Waals surface area contributed by atoms with Gasteiger partial charge in [0.05, 0.1) is 15.9 Å². The number of thiazole rings is 1. The monoisotopic (exact) mass is 353 g/mol. The zero-order valence-corrected chi connectivity index (χ0v) is 14.7. The van der Waals surface area contributed by atoms with Crippen LogP contribution in [0, 0.1) is 6.92 Å². The number of fused-ring (bicyclic) bond motifs is 1. The van der Waals surface area contributed by atoms with Gasteiger partial charge in [-0.1, -0.05) is 18.2 Å². The fraction of sp³-hybridized carbons (Fsp3) is 0.316. The molecule has 2 aromatic heterocycles. The summed E-state index contributed by atoms with van der Waals surface area (Å²) in [5.74, 6) is -0.767. The quantitative estimate of drug-likeness (QED) is 0.776. The zero-order chi connectivity index (χ0) is 17.4. The van der Waals surface area contributed by atoms with E-state index in [1.165, 1.54) is 0 Å². The largest absolute Gasteiger partial charge is 0.480 e. The molecule has 1 N–H and O–H groups in total. The van der Waals surface area contributed by atoms with Crippen molar-refractivity contribution < 1.29 is 9.90 Å². The van der Waals surface area contributed by atoms with E-state index in [0.29, 0.717) is 6.42 Å². The highest BCUT2D eigenvalue weighted by Gasteiger charge is 2.38. The first kappa shape index (κ1) is 16.2. The number of hydrogen-bond donors (Lipinski definition) is 1. The molecule has 25 heavy (non-hydrogen) atoms. The minimum Gasteiger partial charge on any atom is -0.480 e. The van der Waals surface area contributed by atoms with Crippen LogP contribution in [0.15, 0.2) is 42.5 Å². The van der Waals surface area contributed by atoms with Gasteiger partial charge in [-0.15, -0.1) is 11.3 Å². The van der Waals surface area contributed by atoms with Crippen LogP contribution in [0.5, 0.6) is 0 Å². The molecule has 0 amide bonds. The molecule has 0 radical (unpaired) electrons. The van der Waals surface area contributed by atoms with Crippen LogP contribution in [-0.4, -0.2) is 38.5 Å². The standard InChI is InChI=1S/C19H19N3O2S/c1-12-6-4-8-14(20-12)17(22-11-5-9-15(22)19(23)24)18-21-13-7-2-3-10-16(13)25-18/h2-4,6-8,10,15,17H,5,9,11H2,1H3,(H,23,24). The van der Waals surface area contributed by atoms with Crippen LogP contribution in [0.2, 0.25) is 0 Å². The number of hydrogen-bond acceptors (Lipinski definition) is 5. The topological polar surface area (TPSA) is 66.3 Å². The molecule has 128 valence electrons. The Labute approximate surface area is 150 Å². The molecule has 0 bridgehead atoms. The molecule has 1 aromatic carbocycles. The average Bonchev–Trinajstić information content (AvgIpc) is 3.22. The number of aromatic nitrogens is 2. The number of likely N-dealkylation sites (tertiary alicyclic amines) is 1. The molecule has 0 spiro atoms. The molecule has 1 saturated heterocycles. The zero-order valence-electron chi connectivity index (χ0n) is 13.9. The van der Waals surface area contributed by atoms with E-state index >= 15 is 0 Å². The van der Waals surface area contributed by atoms with E-state index in [4.69, 9.17) is 9.97 Å². The van der Waals surface area contributed by atoms with Gasteiger partial charge in [-0.3, -0.25) is 14.7 Å². The molecular weight excluding hydrogens is 334 g/mol. The first-order valence-corrected chi connectivity index (χ1v) is 9.23. The number of carboxylic acids is 1. The molecule has 3 heterocycles. The van der Waals surface area contributed by atoms with Gasteiger partial charge in [-0.05, 0) is 44.0 Å². The Morgan fingerprint density at radius 2 is 2.08 bits per heavy atom. The first-order chi connectivity index (χ1) is 12.1. The lowest BCUT2D eigenvalue weighted by molar-refractivity contribution is -0.142. The third-order valence-corrected chi connectivity index (χ3v) is 5.73. The van der Waals surface area contributed by atoms with Crippen molar-refractivity contribution in [1.82, 2.24) is 14.9 Å². The van der Waals surface area contributed by atoms with Gasteiger partial charge in [-0.2, -0.15) is 0 Å². The van der Waals surface area contributed by atoms with Crippen LogP contribution in [-0.2, 0) is 4.79 Å². The number of rotatable bonds is 4. The van der Waals surface area contributed by atoms with Crippen LogP contribution in [0.3, 0.4) is 0 Å². The van der Waals surface area contributed by atoms with Crippen LogP contribution in [0.4, 0.5) is 0 Å². The van der Waals surface area contributed by atoms with Gasteiger partial charge in [0.15, 0.2) is 0 Å². The highest BCUT2D eigenvalue weighted by molar-refractivity contribution is 7.18. The number of para-hydroxylation sites is 1. The maximum Gasteiger partial charge on any atom is 0.320 e. The number of carbonyl (C=O) groups is 1. The second-order valence-corrected chi connectivity index (χ2v) is 7.42. The Kier molecular flexibility index (Phi) is 4.23. The SMILES string of the molecule is Cc1cccc(C(c2nc3ccccc3s2)N2CCCC2C(=O)O)n1. The van der Waals surface area contributed by atoms with E-state index in [1.807, 2.05) is 48.2 Å². The van der Waals surface area contributed by atoms with Gasteiger partial charge in [0.1, 0.15) is 17.1 Å². The Hall–Kier alpha value is -2.31. The third kappa shape index (κ3) is 3.03. The maximum absolute atomic E-state index is 11.7. The van der Waals surface area contributed by atoms with Crippen molar-refractivity contribution in [2.24, 2.45) is 0 Å². The summed E-state index contributed by atoms with van der Waals surface area (Å²) in [6, 6.07) is 13.2. The van der Waals surface area contributed by atoms with Crippen LogP contribution in [0.25, 0.3) is 10.2 Å². The first-order valence-electron chi connectivity index (χ1n) is 8.41. The number of aryl methyl sites for hydroxylation is 1. The van der Waals surface area contributed by atoms with Crippen molar-refractivity contribution >= 4 is 27.5 Å². The number of pyridine rings is 1. The number of nitrogens with zero attached hydrogens (tertiary/aromatic N) is 3. The summed E-state index contributed by atoms with van der Waals surface area (Å²) in [6.07, 6.45) is 1.55. The fourth-order valence-corrected chi connectivity index (χ4v) is 4.63. The predicted molar refractivity (Wildman–Crippen MR) is 97.8 cm³/mol. The summed E-state index contributed by atoms with van der Waals surface area (Å²) >= 11 is 1.62. The molecule has 6 heteroatoms. The van der Waals surface area contributed by atoms with Crippen molar-refractivity contribution in [1.29, 1.82) is 0 Å². The van der Waals surface area contributed by atoms with Crippen molar-refractivity contribution in [2.75, 3.05) is 6.54 Å². The molecule has 2 atom stereocenters. The molecule has 1 fully saturated rings. The highest BCUT2D eigenvalue weighted by Crippen LogP contribution is 2.37. The lowest BCUT2D eigenvalue weighted by atomic mass is 10.1. The van der Waals surface area contributed by atoms with E-state index in [1.54, 1.807) is 11.3 Å². The van der Waals surface area contributed by atoms with E-state index in [9.17, 15) is 9.90 Å². The minimum atomic E-state index is -0.767. The lowest BCUT2D eigenvalue weighted by Crippen LogP contribution is -2.39. The summed E-state index contributed by atoms with van der Waals surface area (Å²) < 4.78 is 1.11. The second kappa shape index (κ2) is 6.54. The molecule has 4 rings (SSSR count). The van der Waals surface area contributed by atoms with Gasteiger partial charge in [0.2, 0.25) is 0 Å². The van der Waals surface area contributed by atoms with Crippen molar-refractivity contribution in [2.45, 2.75) is 31.8 Å². The van der Waals surface area contributed by atoms with Crippen LogP contribution < -0.4 is 0 Å². The summed E-state index contributed by atoms with van der Waals surface area (Å²) in [4.78, 5) is 23.3. The predicted octanol–water partition coefficient (Wildman–Crippen LogP) is 3.64. The molecule has 0 saturated carbocycles. The number of carboxylic acid groups (broad SMARTS) is 1. The van der Waals surface area contributed by atoms with Crippen LogP contribution in [0.1, 0.15) is 35.3 Å². The van der Waals surface area contributed by atoms with E-state index in [2.05, 4.69) is 6.07 Å². The summed E-state index contributed by atoms with van der Waals surface area (Å²) in [5, 5.41) is 10.6. The highest BCUT2D eigenvalue weighted by atomic mass is 32.1. The van der Waals surface area contributed by atoms with Crippen molar-refractivity contribution in [3.05, 3.63) is 58.9 Å². The molecule has 1 aliphatic rings. The van der Waals surface area contributed by atoms with E-state index < -0.39 is 12.0 Å². The molecule has 5 nitrogen and oxygen atoms in total. The molecule has 1 aliphatic heterocycles. The molecule has 2 unspecified atom stereocenters. The van der Waals surface area contributed by atoms with E-state index in [-0.39, 0.29) is 6.04 Å². The average molecular weight is 353 g/mol. The number of benzene rings is 1. The van der Waals surface area contributed by atoms with Crippen molar-refractivity contribution in [3.63, 3.8) is 0 Å². The van der Waals surface area contributed by atoms with Gasteiger partial charge in [0, 0.05) is 12.2 Å². The molecule has 3 aromatic rings. The third-order valence-electron chi connectivity index (χ3n) is 4.65.